The summed E-state index contributed by atoms with van der Waals surface area (Å²) in [6.07, 6.45) is 5.06. The van der Waals surface area contributed by atoms with Gasteiger partial charge in [-0.2, -0.15) is 0 Å². The number of benzene rings is 1. The van der Waals surface area contributed by atoms with E-state index < -0.39 is 0 Å². The van der Waals surface area contributed by atoms with Crippen LogP contribution in [0.25, 0.3) is 0 Å². The lowest BCUT2D eigenvalue weighted by Gasteiger charge is -2.38. The number of carbonyl (C=O) groups is 1. The number of nitrogens with zero attached hydrogens (tertiary/aromatic N) is 1. The number of anilines is 1. The molecule has 142 valence electrons. The van der Waals surface area contributed by atoms with E-state index in [0.717, 1.165) is 51.7 Å². The summed E-state index contributed by atoms with van der Waals surface area (Å²) in [4.78, 5) is 15.0. The van der Waals surface area contributed by atoms with Crippen molar-refractivity contribution in [3.63, 3.8) is 0 Å². The summed E-state index contributed by atoms with van der Waals surface area (Å²) in [7, 11) is 0. The monoisotopic (exact) mass is 387 g/mol. The molecule has 0 radical (unpaired) electrons. The highest BCUT2D eigenvalue weighted by molar-refractivity contribution is 5.87. The fourth-order valence-corrected chi connectivity index (χ4v) is 3.94. The summed E-state index contributed by atoms with van der Waals surface area (Å²) in [6.45, 7) is 6.95. The van der Waals surface area contributed by atoms with Gasteiger partial charge in [-0.25, -0.2) is 0 Å². The van der Waals surface area contributed by atoms with Crippen LogP contribution < -0.4 is 10.6 Å². The summed E-state index contributed by atoms with van der Waals surface area (Å²) in [5.74, 6) is 0.325. The zero-order valence-corrected chi connectivity index (χ0v) is 16.8. The Morgan fingerprint density at radius 3 is 2.60 bits per heavy atom. The first-order valence-corrected chi connectivity index (χ1v) is 9.00. The molecule has 2 aliphatic rings. The molecule has 1 unspecified atom stereocenters. The highest BCUT2D eigenvalue weighted by Gasteiger charge is 2.42. The van der Waals surface area contributed by atoms with Gasteiger partial charge >= 0.3 is 0 Å². The Bertz CT molecular complexity index is 553. The van der Waals surface area contributed by atoms with E-state index in [-0.39, 0.29) is 30.4 Å². The molecule has 0 bridgehead atoms. The minimum Gasteiger partial charge on any atom is -0.382 e. The minimum absolute atomic E-state index is 0. The summed E-state index contributed by atoms with van der Waals surface area (Å²) < 4.78 is 0. The van der Waals surface area contributed by atoms with Gasteiger partial charge in [0.2, 0.25) is 5.91 Å². The first-order chi connectivity index (χ1) is 11.1. The summed E-state index contributed by atoms with van der Waals surface area (Å²) in [5.41, 5.74) is 2.19. The Hall–Kier alpha value is -0.970. The molecule has 1 aromatic rings. The molecule has 25 heavy (non-hydrogen) atoms. The van der Waals surface area contributed by atoms with E-state index in [9.17, 15) is 4.79 Å². The number of hydrogen-bond acceptors (Lipinski definition) is 3. The SMILES string of the molecule is CCC1(C(=O)N2CCC(Nc3cccc(C)c3)CC2)CCCN1.Cl.Cl. The van der Waals surface area contributed by atoms with Crippen LogP contribution in [0.2, 0.25) is 0 Å². The van der Waals surface area contributed by atoms with Crippen LogP contribution in [-0.4, -0.2) is 42.0 Å². The van der Waals surface area contributed by atoms with Crippen LogP contribution >= 0.6 is 24.8 Å². The van der Waals surface area contributed by atoms with Crippen LogP contribution in [0, 0.1) is 6.92 Å². The van der Waals surface area contributed by atoms with Gasteiger partial charge in [-0.1, -0.05) is 19.1 Å². The van der Waals surface area contributed by atoms with Crippen molar-refractivity contribution in [2.75, 3.05) is 25.0 Å². The number of hydrogen-bond donors (Lipinski definition) is 2. The van der Waals surface area contributed by atoms with Crippen LogP contribution in [0.15, 0.2) is 24.3 Å². The van der Waals surface area contributed by atoms with Gasteiger partial charge in [0.15, 0.2) is 0 Å². The van der Waals surface area contributed by atoms with Crippen LogP contribution in [0.3, 0.4) is 0 Å². The molecular weight excluding hydrogens is 357 g/mol. The van der Waals surface area contributed by atoms with Crippen molar-refractivity contribution in [2.45, 2.75) is 57.5 Å². The molecule has 6 heteroatoms. The van der Waals surface area contributed by atoms with Gasteiger partial charge in [0.25, 0.3) is 0 Å². The topological polar surface area (TPSA) is 44.4 Å². The molecule has 2 saturated heterocycles. The molecule has 2 fully saturated rings. The molecule has 0 saturated carbocycles. The largest absolute Gasteiger partial charge is 0.382 e. The Labute approximate surface area is 163 Å². The third kappa shape index (κ3) is 5.02. The van der Waals surface area contributed by atoms with Gasteiger partial charge in [-0.3, -0.25) is 4.79 Å². The third-order valence-electron chi connectivity index (χ3n) is 5.43. The van der Waals surface area contributed by atoms with Crippen molar-refractivity contribution in [3.8, 4) is 0 Å². The van der Waals surface area contributed by atoms with E-state index in [1.165, 1.54) is 11.3 Å². The number of aryl methyl sites for hydroxylation is 1. The van der Waals surface area contributed by atoms with Gasteiger partial charge in [-0.05, 0) is 63.3 Å². The van der Waals surface area contributed by atoms with Crippen molar-refractivity contribution >= 4 is 36.4 Å². The molecule has 2 N–H and O–H groups in total. The normalized spacial score (nSPS) is 23.5. The number of piperidine rings is 1. The molecule has 2 aliphatic heterocycles. The number of rotatable bonds is 4. The zero-order chi connectivity index (χ0) is 16.3. The maximum absolute atomic E-state index is 12.9. The van der Waals surface area contributed by atoms with E-state index >= 15 is 0 Å². The molecule has 0 aromatic heterocycles. The fourth-order valence-electron chi connectivity index (χ4n) is 3.94. The van der Waals surface area contributed by atoms with E-state index in [1.54, 1.807) is 0 Å². The van der Waals surface area contributed by atoms with E-state index in [4.69, 9.17) is 0 Å². The van der Waals surface area contributed by atoms with Crippen LogP contribution in [0.1, 0.15) is 44.6 Å². The summed E-state index contributed by atoms with van der Waals surface area (Å²) >= 11 is 0. The lowest BCUT2D eigenvalue weighted by atomic mass is 9.91. The molecule has 2 heterocycles. The number of likely N-dealkylation sites (tertiary alicyclic amines) is 1. The van der Waals surface area contributed by atoms with Gasteiger partial charge in [0.05, 0.1) is 5.54 Å². The van der Waals surface area contributed by atoms with E-state index in [1.807, 2.05) is 0 Å². The first-order valence-electron chi connectivity index (χ1n) is 9.00. The second-order valence-electron chi connectivity index (χ2n) is 7.05. The minimum atomic E-state index is -0.281. The molecule has 1 amide bonds. The average molecular weight is 388 g/mol. The van der Waals surface area contributed by atoms with E-state index in [0.29, 0.717) is 11.9 Å². The Morgan fingerprint density at radius 1 is 1.32 bits per heavy atom. The number of halogens is 2. The standard InChI is InChI=1S/C19H29N3O.2ClH/c1-3-19(10-5-11-20-19)18(23)22-12-8-16(9-13-22)21-17-7-4-6-15(2)14-17;;/h4,6-7,14,16,20-21H,3,5,8-13H2,1-2H3;2*1H. The molecule has 1 atom stereocenters. The maximum atomic E-state index is 12.9. The van der Waals surface area contributed by atoms with Gasteiger partial charge in [-0.15, -0.1) is 24.8 Å². The predicted octanol–water partition coefficient (Wildman–Crippen LogP) is 3.77. The molecule has 1 aromatic carbocycles. The highest BCUT2D eigenvalue weighted by Crippen LogP contribution is 2.27. The molecular formula is C19H31Cl2N3O. The van der Waals surface area contributed by atoms with E-state index in [2.05, 4.69) is 53.6 Å². The van der Waals surface area contributed by atoms with Crippen molar-refractivity contribution in [1.82, 2.24) is 10.2 Å². The Balaban J connectivity index is 0.00000156. The smallest absolute Gasteiger partial charge is 0.242 e. The van der Waals surface area contributed by atoms with Gasteiger partial charge in [0, 0.05) is 24.8 Å². The van der Waals surface area contributed by atoms with Crippen molar-refractivity contribution in [3.05, 3.63) is 29.8 Å². The van der Waals surface area contributed by atoms with Crippen molar-refractivity contribution in [2.24, 2.45) is 0 Å². The lowest BCUT2D eigenvalue weighted by molar-refractivity contribution is -0.139. The first kappa shape index (κ1) is 22.1. The second-order valence-corrected chi connectivity index (χ2v) is 7.05. The zero-order valence-electron chi connectivity index (χ0n) is 15.2. The second kappa shape index (κ2) is 9.65. The Morgan fingerprint density at radius 2 is 2.04 bits per heavy atom. The van der Waals surface area contributed by atoms with Crippen LogP contribution in [-0.2, 0) is 4.79 Å². The van der Waals surface area contributed by atoms with Crippen LogP contribution in [0.4, 0.5) is 5.69 Å². The highest BCUT2D eigenvalue weighted by atomic mass is 35.5. The quantitative estimate of drug-likeness (QED) is 0.825. The van der Waals surface area contributed by atoms with Crippen molar-refractivity contribution < 1.29 is 4.79 Å². The van der Waals surface area contributed by atoms with Crippen molar-refractivity contribution in [1.29, 1.82) is 0 Å². The summed E-state index contributed by atoms with van der Waals surface area (Å²) in [6, 6.07) is 8.98. The fraction of sp³-hybridized carbons (Fsp3) is 0.632. The number of nitrogens with one attached hydrogen (secondary N) is 2. The average Bonchev–Trinajstić information content (AvgIpc) is 3.05. The predicted molar refractivity (Wildman–Crippen MR) is 109 cm³/mol. The third-order valence-corrected chi connectivity index (χ3v) is 5.43. The summed E-state index contributed by atoms with van der Waals surface area (Å²) in [5, 5.41) is 7.09. The van der Waals surface area contributed by atoms with Gasteiger partial charge in [0.1, 0.15) is 0 Å². The molecule has 0 spiro atoms. The molecule has 3 rings (SSSR count). The van der Waals surface area contributed by atoms with Gasteiger partial charge < -0.3 is 15.5 Å². The number of carbonyl (C=O) groups excluding carboxylic acids is 1. The lowest BCUT2D eigenvalue weighted by Crippen LogP contribution is -2.56. The van der Waals surface area contributed by atoms with Crippen LogP contribution in [0.5, 0.6) is 0 Å². The molecule has 4 nitrogen and oxygen atoms in total. The molecule has 0 aliphatic carbocycles. The maximum Gasteiger partial charge on any atom is 0.242 e. The Kier molecular flexibility index (Phi) is 8.52. The number of amides is 1.